The fourth-order valence-electron chi connectivity index (χ4n) is 3.91. The zero-order chi connectivity index (χ0) is 10.0. The lowest BCUT2D eigenvalue weighted by Crippen LogP contribution is -2.51. The summed E-state index contributed by atoms with van der Waals surface area (Å²) in [6, 6.07) is 0.793. The van der Waals surface area contributed by atoms with Crippen molar-refractivity contribution in [3.63, 3.8) is 0 Å². The van der Waals surface area contributed by atoms with Crippen LogP contribution in [0, 0.1) is 11.3 Å². The molecular formula is C13H25N. The highest BCUT2D eigenvalue weighted by atomic mass is 14.9. The van der Waals surface area contributed by atoms with Crippen LogP contribution in [-0.2, 0) is 0 Å². The molecule has 2 saturated carbocycles. The van der Waals surface area contributed by atoms with Crippen LogP contribution in [0.2, 0.25) is 0 Å². The molecule has 2 unspecified atom stereocenters. The van der Waals surface area contributed by atoms with Gasteiger partial charge in [-0.15, -0.1) is 0 Å². The van der Waals surface area contributed by atoms with Gasteiger partial charge < -0.3 is 5.32 Å². The van der Waals surface area contributed by atoms with E-state index in [9.17, 15) is 0 Å². The first-order valence-corrected chi connectivity index (χ1v) is 6.49. The van der Waals surface area contributed by atoms with Crippen molar-refractivity contribution in [2.24, 2.45) is 11.3 Å². The minimum atomic E-state index is 0.780. The summed E-state index contributed by atoms with van der Waals surface area (Å²) < 4.78 is 0. The van der Waals surface area contributed by atoms with Gasteiger partial charge in [0.15, 0.2) is 0 Å². The van der Waals surface area contributed by atoms with Crippen LogP contribution in [0.15, 0.2) is 0 Å². The van der Waals surface area contributed by atoms with Crippen molar-refractivity contribution < 1.29 is 0 Å². The standard InChI is InChI=1S/C13H25N/c1-3-12(14-2)11-7-10-13(11)8-5-4-6-9-13/h11-12,14H,3-10H2,1-2H3. The number of hydrogen-bond donors (Lipinski definition) is 1. The maximum Gasteiger partial charge on any atom is 0.00950 e. The molecular weight excluding hydrogens is 170 g/mol. The molecule has 0 aromatic rings. The maximum absolute atomic E-state index is 3.53. The predicted molar refractivity (Wildman–Crippen MR) is 61.4 cm³/mol. The molecule has 0 saturated heterocycles. The van der Waals surface area contributed by atoms with Gasteiger partial charge in [-0.05, 0) is 50.5 Å². The third-order valence-corrected chi connectivity index (χ3v) is 4.89. The Morgan fingerprint density at radius 1 is 1.21 bits per heavy atom. The average Bonchev–Trinajstić information content (AvgIpc) is 2.25. The minimum Gasteiger partial charge on any atom is -0.317 e. The second-order valence-electron chi connectivity index (χ2n) is 5.37. The highest BCUT2D eigenvalue weighted by Gasteiger charge is 2.48. The van der Waals surface area contributed by atoms with E-state index in [0.717, 1.165) is 17.4 Å². The van der Waals surface area contributed by atoms with Gasteiger partial charge >= 0.3 is 0 Å². The van der Waals surface area contributed by atoms with Gasteiger partial charge in [0.1, 0.15) is 0 Å². The fraction of sp³-hybridized carbons (Fsp3) is 1.00. The number of nitrogens with one attached hydrogen (secondary N) is 1. The van der Waals surface area contributed by atoms with Crippen LogP contribution >= 0.6 is 0 Å². The van der Waals surface area contributed by atoms with Gasteiger partial charge in [0, 0.05) is 6.04 Å². The van der Waals surface area contributed by atoms with E-state index < -0.39 is 0 Å². The highest BCUT2D eigenvalue weighted by Crippen LogP contribution is 2.57. The Bertz CT molecular complexity index is 178. The van der Waals surface area contributed by atoms with Gasteiger partial charge in [-0.3, -0.25) is 0 Å². The Morgan fingerprint density at radius 2 is 1.93 bits per heavy atom. The molecule has 0 bridgehead atoms. The van der Waals surface area contributed by atoms with E-state index in [1.165, 1.54) is 51.4 Å². The number of hydrogen-bond acceptors (Lipinski definition) is 1. The largest absolute Gasteiger partial charge is 0.317 e. The molecule has 14 heavy (non-hydrogen) atoms. The monoisotopic (exact) mass is 195 g/mol. The van der Waals surface area contributed by atoms with Gasteiger partial charge in [-0.25, -0.2) is 0 Å². The Hall–Kier alpha value is -0.0400. The van der Waals surface area contributed by atoms with Crippen molar-refractivity contribution in [1.29, 1.82) is 0 Å². The summed E-state index contributed by atoms with van der Waals surface area (Å²) in [7, 11) is 2.14. The molecule has 82 valence electrons. The zero-order valence-corrected chi connectivity index (χ0v) is 9.81. The molecule has 0 aromatic heterocycles. The number of rotatable bonds is 3. The van der Waals surface area contributed by atoms with Crippen molar-refractivity contribution in [1.82, 2.24) is 5.32 Å². The third kappa shape index (κ3) is 1.60. The lowest BCUT2D eigenvalue weighted by atomic mass is 9.51. The summed E-state index contributed by atoms with van der Waals surface area (Å²) in [5.74, 6) is 0.998. The van der Waals surface area contributed by atoms with E-state index in [0.29, 0.717) is 0 Å². The first-order valence-electron chi connectivity index (χ1n) is 6.49. The van der Waals surface area contributed by atoms with Crippen LogP contribution in [0.25, 0.3) is 0 Å². The second kappa shape index (κ2) is 4.22. The van der Waals surface area contributed by atoms with Gasteiger partial charge in [0.25, 0.3) is 0 Å². The molecule has 1 heteroatoms. The predicted octanol–water partition coefficient (Wildman–Crippen LogP) is 3.34. The van der Waals surface area contributed by atoms with Crippen molar-refractivity contribution in [2.45, 2.75) is 64.3 Å². The molecule has 2 atom stereocenters. The van der Waals surface area contributed by atoms with Crippen LogP contribution in [0.3, 0.4) is 0 Å². The minimum absolute atomic E-state index is 0.780. The first-order chi connectivity index (χ1) is 6.82. The lowest BCUT2D eigenvalue weighted by molar-refractivity contribution is -0.0315. The van der Waals surface area contributed by atoms with E-state index in [1.54, 1.807) is 0 Å². The lowest BCUT2D eigenvalue weighted by Gasteiger charge is -2.55. The molecule has 0 radical (unpaired) electrons. The Labute approximate surface area is 88.7 Å². The zero-order valence-electron chi connectivity index (χ0n) is 9.81. The molecule has 0 amide bonds. The summed E-state index contributed by atoms with van der Waals surface area (Å²) >= 11 is 0. The molecule has 1 spiro atoms. The second-order valence-corrected chi connectivity index (χ2v) is 5.37. The fourth-order valence-corrected chi connectivity index (χ4v) is 3.91. The molecule has 1 N–H and O–H groups in total. The molecule has 0 heterocycles. The van der Waals surface area contributed by atoms with Crippen LogP contribution in [0.4, 0.5) is 0 Å². The summed E-state index contributed by atoms with van der Waals surface area (Å²) in [6.07, 6.45) is 11.8. The average molecular weight is 195 g/mol. The van der Waals surface area contributed by atoms with Crippen LogP contribution in [0.1, 0.15) is 58.3 Å². The molecule has 2 aliphatic rings. The van der Waals surface area contributed by atoms with Crippen molar-refractivity contribution >= 4 is 0 Å². The van der Waals surface area contributed by atoms with E-state index in [-0.39, 0.29) is 0 Å². The molecule has 1 nitrogen and oxygen atoms in total. The Morgan fingerprint density at radius 3 is 2.36 bits per heavy atom. The third-order valence-electron chi connectivity index (χ3n) is 4.89. The van der Waals surface area contributed by atoms with Gasteiger partial charge in [-0.1, -0.05) is 26.2 Å². The molecule has 2 rings (SSSR count). The molecule has 0 aromatic carbocycles. The first kappa shape index (κ1) is 10.5. The van der Waals surface area contributed by atoms with Crippen molar-refractivity contribution in [2.75, 3.05) is 7.05 Å². The highest BCUT2D eigenvalue weighted by molar-refractivity contribution is 5.01. The van der Waals surface area contributed by atoms with Crippen LogP contribution in [0.5, 0.6) is 0 Å². The van der Waals surface area contributed by atoms with Crippen molar-refractivity contribution in [3.8, 4) is 0 Å². The van der Waals surface area contributed by atoms with Crippen LogP contribution < -0.4 is 5.32 Å². The Balaban J connectivity index is 1.99. The SMILES string of the molecule is CCC(NC)C1CCC12CCCCC2. The van der Waals surface area contributed by atoms with Gasteiger partial charge in [-0.2, -0.15) is 0 Å². The molecule has 2 aliphatic carbocycles. The van der Waals surface area contributed by atoms with Crippen molar-refractivity contribution in [3.05, 3.63) is 0 Å². The van der Waals surface area contributed by atoms with Gasteiger partial charge in [0.05, 0.1) is 0 Å². The summed E-state index contributed by atoms with van der Waals surface area (Å²) in [6.45, 7) is 2.33. The smallest absolute Gasteiger partial charge is 0.00950 e. The van der Waals surface area contributed by atoms with E-state index in [4.69, 9.17) is 0 Å². The maximum atomic E-state index is 3.53. The summed E-state index contributed by atoms with van der Waals surface area (Å²) in [5.41, 5.74) is 0.780. The van der Waals surface area contributed by atoms with E-state index in [2.05, 4.69) is 19.3 Å². The summed E-state index contributed by atoms with van der Waals surface area (Å²) in [4.78, 5) is 0. The van der Waals surface area contributed by atoms with Gasteiger partial charge in [0.2, 0.25) is 0 Å². The quantitative estimate of drug-likeness (QED) is 0.728. The topological polar surface area (TPSA) is 12.0 Å². The molecule has 0 aliphatic heterocycles. The molecule has 2 fully saturated rings. The normalized spacial score (nSPS) is 32.6. The summed E-state index contributed by atoms with van der Waals surface area (Å²) in [5, 5.41) is 3.53. The van der Waals surface area contributed by atoms with E-state index in [1.807, 2.05) is 0 Å². The van der Waals surface area contributed by atoms with E-state index >= 15 is 0 Å². The Kier molecular flexibility index (Phi) is 3.16. The van der Waals surface area contributed by atoms with Crippen LogP contribution in [-0.4, -0.2) is 13.1 Å².